The standard InChI is InChI=1S/C22H27N3O3/c26-22(19-3-5-20(6-4-19)28-17-21-2-1-15-27-21)25-13-11-24(12-14-25)16-18-7-9-23-10-8-18/h3-10,21H,1-2,11-17H2/t21-/m1/s1. The van der Waals surface area contributed by atoms with Crippen molar-refractivity contribution in [3.63, 3.8) is 0 Å². The van der Waals surface area contributed by atoms with E-state index >= 15 is 0 Å². The van der Waals surface area contributed by atoms with Crippen LogP contribution in [-0.4, -0.2) is 66.2 Å². The Bertz CT molecular complexity index is 752. The number of hydrogen-bond acceptors (Lipinski definition) is 5. The number of pyridine rings is 1. The molecule has 2 aliphatic heterocycles. The van der Waals surface area contributed by atoms with Crippen LogP contribution in [0.25, 0.3) is 0 Å². The summed E-state index contributed by atoms with van der Waals surface area (Å²) in [5.74, 6) is 0.878. The van der Waals surface area contributed by atoms with Crippen LogP contribution in [0.3, 0.4) is 0 Å². The van der Waals surface area contributed by atoms with Crippen molar-refractivity contribution in [2.45, 2.75) is 25.5 Å². The summed E-state index contributed by atoms with van der Waals surface area (Å²) in [6.07, 6.45) is 6.01. The second kappa shape index (κ2) is 9.17. The Morgan fingerprint density at radius 3 is 2.50 bits per heavy atom. The topological polar surface area (TPSA) is 54.9 Å². The first-order chi connectivity index (χ1) is 13.8. The van der Waals surface area contributed by atoms with Crippen molar-refractivity contribution in [2.75, 3.05) is 39.4 Å². The third kappa shape index (κ3) is 4.88. The highest BCUT2D eigenvalue weighted by Gasteiger charge is 2.22. The quantitative estimate of drug-likeness (QED) is 0.770. The van der Waals surface area contributed by atoms with E-state index in [1.807, 2.05) is 53.7 Å². The Morgan fingerprint density at radius 1 is 1.07 bits per heavy atom. The average Bonchev–Trinajstić information content (AvgIpc) is 3.27. The van der Waals surface area contributed by atoms with Crippen LogP contribution < -0.4 is 4.74 Å². The minimum atomic E-state index is 0.0919. The number of aromatic nitrogens is 1. The SMILES string of the molecule is O=C(c1ccc(OC[C@H]2CCCO2)cc1)N1CCN(Cc2ccncc2)CC1. The van der Waals surface area contributed by atoms with Crippen LogP contribution in [0.15, 0.2) is 48.8 Å². The predicted molar refractivity (Wildman–Crippen MR) is 106 cm³/mol. The number of nitrogens with zero attached hydrogens (tertiary/aromatic N) is 3. The third-order valence-electron chi connectivity index (χ3n) is 5.38. The first-order valence-electron chi connectivity index (χ1n) is 10.0. The maximum atomic E-state index is 12.8. The molecule has 148 valence electrons. The van der Waals surface area contributed by atoms with E-state index in [1.54, 1.807) is 0 Å². The summed E-state index contributed by atoms with van der Waals surface area (Å²) in [6.45, 7) is 5.58. The molecule has 0 N–H and O–H groups in total. The van der Waals surface area contributed by atoms with Gasteiger partial charge in [-0.25, -0.2) is 0 Å². The predicted octanol–water partition coefficient (Wildman–Crippen LogP) is 2.60. The molecular weight excluding hydrogens is 354 g/mol. The van der Waals surface area contributed by atoms with E-state index in [9.17, 15) is 4.79 Å². The Labute approximate surface area is 166 Å². The molecular formula is C22H27N3O3. The van der Waals surface area contributed by atoms with Gasteiger partial charge in [0.15, 0.2) is 0 Å². The van der Waals surface area contributed by atoms with Gasteiger partial charge >= 0.3 is 0 Å². The van der Waals surface area contributed by atoms with Gasteiger partial charge in [-0.05, 0) is 54.8 Å². The van der Waals surface area contributed by atoms with E-state index in [2.05, 4.69) is 9.88 Å². The van der Waals surface area contributed by atoms with Gasteiger partial charge < -0.3 is 14.4 Å². The van der Waals surface area contributed by atoms with Gasteiger partial charge in [-0.1, -0.05) is 0 Å². The van der Waals surface area contributed by atoms with Crippen LogP contribution in [0, 0.1) is 0 Å². The minimum absolute atomic E-state index is 0.0919. The number of hydrogen-bond donors (Lipinski definition) is 0. The van der Waals surface area contributed by atoms with Gasteiger partial charge in [0.1, 0.15) is 12.4 Å². The molecule has 2 aromatic rings. The number of carbonyl (C=O) groups is 1. The minimum Gasteiger partial charge on any atom is -0.491 e. The molecule has 1 atom stereocenters. The molecule has 2 aliphatic rings. The number of amides is 1. The monoisotopic (exact) mass is 381 g/mol. The molecule has 1 aromatic carbocycles. The van der Waals surface area contributed by atoms with E-state index in [0.29, 0.717) is 12.2 Å². The summed E-state index contributed by atoms with van der Waals surface area (Å²) >= 11 is 0. The van der Waals surface area contributed by atoms with E-state index < -0.39 is 0 Å². The third-order valence-corrected chi connectivity index (χ3v) is 5.38. The van der Waals surface area contributed by atoms with Gasteiger partial charge in [-0.3, -0.25) is 14.7 Å². The first kappa shape index (κ1) is 18.9. The summed E-state index contributed by atoms with van der Waals surface area (Å²) in [6, 6.07) is 11.6. The van der Waals surface area contributed by atoms with Crippen molar-refractivity contribution in [1.29, 1.82) is 0 Å². The first-order valence-corrected chi connectivity index (χ1v) is 10.0. The highest BCUT2D eigenvalue weighted by atomic mass is 16.5. The lowest BCUT2D eigenvalue weighted by Gasteiger charge is -2.34. The fourth-order valence-electron chi connectivity index (χ4n) is 3.70. The zero-order valence-electron chi connectivity index (χ0n) is 16.1. The van der Waals surface area contributed by atoms with Crippen molar-refractivity contribution in [1.82, 2.24) is 14.8 Å². The van der Waals surface area contributed by atoms with Gasteiger partial charge in [0.25, 0.3) is 5.91 Å². The average molecular weight is 381 g/mol. The molecule has 0 radical (unpaired) electrons. The van der Waals surface area contributed by atoms with Crippen LogP contribution in [-0.2, 0) is 11.3 Å². The summed E-state index contributed by atoms with van der Waals surface area (Å²) in [5, 5.41) is 0. The molecule has 1 amide bonds. The molecule has 0 unspecified atom stereocenters. The smallest absolute Gasteiger partial charge is 0.253 e. The molecule has 6 nitrogen and oxygen atoms in total. The van der Waals surface area contributed by atoms with E-state index in [1.165, 1.54) is 5.56 Å². The molecule has 4 rings (SSSR count). The molecule has 0 spiro atoms. The molecule has 3 heterocycles. The fraction of sp³-hybridized carbons (Fsp3) is 0.455. The highest BCUT2D eigenvalue weighted by molar-refractivity contribution is 5.94. The van der Waals surface area contributed by atoms with Crippen molar-refractivity contribution in [2.24, 2.45) is 0 Å². The summed E-state index contributed by atoms with van der Waals surface area (Å²) in [7, 11) is 0. The number of carbonyl (C=O) groups excluding carboxylic acids is 1. The van der Waals surface area contributed by atoms with Crippen LogP contribution in [0.4, 0.5) is 0 Å². The van der Waals surface area contributed by atoms with Crippen LogP contribution in [0.2, 0.25) is 0 Å². The molecule has 28 heavy (non-hydrogen) atoms. The number of rotatable bonds is 6. The molecule has 2 saturated heterocycles. The number of piperazine rings is 1. The molecule has 0 bridgehead atoms. The largest absolute Gasteiger partial charge is 0.491 e. The van der Waals surface area contributed by atoms with Gasteiger partial charge in [0.2, 0.25) is 0 Å². The second-order valence-corrected chi connectivity index (χ2v) is 7.39. The molecule has 1 aromatic heterocycles. The Kier molecular flexibility index (Phi) is 6.19. The van der Waals surface area contributed by atoms with Crippen molar-refractivity contribution in [3.05, 3.63) is 59.9 Å². The van der Waals surface area contributed by atoms with Crippen LogP contribution in [0.5, 0.6) is 5.75 Å². The van der Waals surface area contributed by atoms with Gasteiger partial charge in [-0.2, -0.15) is 0 Å². The fourth-order valence-corrected chi connectivity index (χ4v) is 3.70. The van der Waals surface area contributed by atoms with Crippen molar-refractivity contribution < 1.29 is 14.3 Å². The van der Waals surface area contributed by atoms with Gasteiger partial charge in [-0.15, -0.1) is 0 Å². The maximum absolute atomic E-state index is 12.8. The van der Waals surface area contributed by atoms with Crippen LogP contribution in [0.1, 0.15) is 28.8 Å². The maximum Gasteiger partial charge on any atom is 0.253 e. The van der Waals surface area contributed by atoms with Gasteiger partial charge in [0, 0.05) is 57.3 Å². The van der Waals surface area contributed by atoms with E-state index in [-0.39, 0.29) is 12.0 Å². The molecule has 0 aliphatic carbocycles. The summed E-state index contributed by atoms with van der Waals surface area (Å²) in [4.78, 5) is 21.2. The number of benzene rings is 1. The van der Waals surface area contributed by atoms with Crippen LogP contribution >= 0.6 is 0 Å². The lowest BCUT2D eigenvalue weighted by atomic mass is 10.1. The summed E-state index contributed by atoms with van der Waals surface area (Å²) in [5.41, 5.74) is 1.97. The second-order valence-electron chi connectivity index (χ2n) is 7.39. The number of ether oxygens (including phenoxy) is 2. The highest BCUT2D eigenvalue weighted by Crippen LogP contribution is 2.18. The normalized spacial score (nSPS) is 20.3. The van der Waals surface area contributed by atoms with Gasteiger partial charge in [0.05, 0.1) is 6.10 Å². The van der Waals surface area contributed by atoms with E-state index in [0.717, 1.165) is 57.9 Å². The van der Waals surface area contributed by atoms with Crippen molar-refractivity contribution >= 4 is 5.91 Å². The Balaban J connectivity index is 1.25. The Hall–Kier alpha value is -2.44. The zero-order valence-corrected chi connectivity index (χ0v) is 16.1. The lowest BCUT2D eigenvalue weighted by Crippen LogP contribution is -2.48. The molecule has 2 fully saturated rings. The molecule has 0 saturated carbocycles. The van der Waals surface area contributed by atoms with Crippen molar-refractivity contribution in [3.8, 4) is 5.75 Å². The zero-order chi connectivity index (χ0) is 19.2. The molecule has 6 heteroatoms. The summed E-state index contributed by atoms with van der Waals surface area (Å²) < 4.78 is 11.3. The lowest BCUT2D eigenvalue weighted by molar-refractivity contribution is 0.0627. The van der Waals surface area contributed by atoms with E-state index in [4.69, 9.17) is 9.47 Å². The Morgan fingerprint density at radius 2 is 1.82 bits per heavy atom.